The average molecular weight is 150 g/mol. The van der Waals surface area contributed by atoms with Gasteiger partial charge in [0.15, 0.2) is 0 Å². The summed E-state index contributed by atoms with van der Waals surface area (Å²) in [7, 11) is 2.70. The van der Waals surface area contributed by atoms with Crippen LogP contribution in [0.3, 0.4) is 0 Å². The maximum Gasteiger partial charge on any atom is -0.0128 e. The zero-order valence-electron chi connectivity index (χ0n) is 5.88. The number of benzene rings is 1. The van der Waals surface area contributed by atoms with Crippen molar-refractivity contribution in [3.63, 3.8) is 0 Å². The molecule has 10 heavy (non-hydrogen) atoms. The van der Waals surface area contributed by atoms with Crippen LogP contribution in [0.2, 0.25) is 0 Å². The summed E-state index contributed by atoms with van der Waals surface area (Å²) in [5.74, 6) is 0. The Morgan fingerprint density at radius 2 is 1.90 bits per heavy atom. The molecule has 1 atom stereocenters. The van der Waals surface area contributed by atoms with Crippen LogP contribution in [0, 0.1) is 0 Å². The van der Waals surface area contributed by atoms with Crippen LogP contribution < -0.4 is 0 Å². The highest BCUT2D eigenvalue weighted by molar-refractivity contribution is 7.15. The number of hydrogen-bond acceptors (Lipinski definition) is 0. The normalized spacial score (nSPS) is 9.30. The molecular formula is C9H11P. The van der Waals surface area contributed by atoms with Crippen LogP contribution in [0.15, 0.2) is 30.8 Å². The molecule has 0 bridgehead atoms. The van der Waals surface area contributed by atoms with Gasteiger partial charge in [-0.05, 0) is 17.3 Å². The molecule has 0 fully saturated rings. The van der Waals surface area contributed by atoms with Crippen LogP contribution in [0.4, 0.5) is 0 Å². The molecule has 1 heteroatoms. The van der Waals surface area contributed by atoms with E-state index in [9.17, 15) is 0 Å². The van der Waals surface area contributed by atoms with Crippen LogP contribution in [-0.2, 0) is 6.16 Å². The van der Waals surface area contributed by atoms with E-state index in [1.165, 1.54) is 11.1 Å². The third-order valence-corrected chi connectivity index (χ3v) is 1.92. The van der Waals surface area contributed by atoms with E-state index in [1.807, 2.05) is 6.08 Å². The zero-order chi connectivity index (χ0) is 7.40. The quantitative estimate of drug-likeness (QED) is 0.568. The Morgan fingerprint density at radius 3 is 2.30 bits per heavy atom. The first-order valence-electron chi connectivity index (χ1n) is 3.28. The third-order valence-electron chi connectivity index (χ3n) is 1.45. The molecular weight excluding hydrogens is 139 g/mol. The first-order chi connectivity index (χ1) is 4.86. The van der Waals surface area contributed by atoms with Gasteiger partial charge >= 0.3 is 0 Å². The molecule has 0 spiro atoms. The monoisotopic (exact) mass is 150 g/mol. The SMILES string of the molecule is C=Cc1ccc(CP)cc1. The van der Waals surface area contributed by atoms with E-state index < -0.39 is 0 Å². The second-order valence-corrected chi connectivity index (χ2v) is 2.56. The summed E-state index contributed by atoms with van der Waals surface area (Å²) < 4.78 is 0. The molecule has 0 saturated carbocycles. The minimum absolute atomic E-state index is 1.03. The van der Waals surface area contributed by atoms with Crippen molar-refractivity contribution >= 4 is 15.3 Å². The fourth-order valence-corrected chi connectivity index (χ4v) is 1.06. The standard InChI is InChI=1S/C9H11P/c1-2-8-3-5-9(7-10)6-4-8/h2-6H,1,7,10H2. The minimum atomic E-state index is 1.03. The van der Waals surface area contributed by atoms with Gasteiger partial charge in [0.1, 0.15) is 0 Å². The van der Waals surface area contributed by atoms with E-state index in [0.29, 0.717) is 0 Å². The highest BCUT2D eigenvalue weighted by Crippen LogP contribution is 2.08. The molecule has 1 rings (SSSR count). The van der Waals surface area contributed by atoms with E-state index in [4.69, 9.17) is 0 Å². The van der Waals surface area contributed by atoms with Gasteiger partial charge in [-0.15, -0.1) is 9.24 Å². The molecule has 0 aliphatic rings. The highest BCUT2D eigenvalue weighted by atomic mass is 31.0. The lowest BCUT2D eigenvalue weighted by atomic mass is 10.1. The van der Waals surface area contributed by atoms with Gasteiger partial charge in [0.25, 0.3) is 0 Å². The van der Waals surface area contributed by atoms with Gasteiger partial charge in [0.2, 0.25) is 0 Å². The molecule has 0 amide bonds. The van der Waals surface area contributed by atoms with Crippen molar-refractivity contribution in [2.24, 2.45) is 0 Å². The van der Waals surface area contributed by atoms with Crippen molar-refractivity contribution in [1.29, 1.82) is 0 Å². The van der Waals surface area contributed by atoms with E-state index in [-0.39, 0.29) is 0 Å². The van der Waals surface area contributed by atoms with Crippen LogP contribution >= 0.6 is 9.24 Å². The van der Waals surface area contributed by atoms with Gasteiger partial charge in [-0.3, -0.25) is 0 Å². The summed E-state index contributed by atoms with van der Waals surface area (Å²) in [6.45, 7) is 3.68. The summed E-state index contributed by atoms with van der Waals surface area (Å²) >= 11 is 0. The highest BCUT2D eigenvalue weighted by Gasteiger charge is 1.86. The number of hydrogen-bond donors (Lipinski definition) is 0. The lowest BCUT2D eigenvalue weighted by Crippen LogP contribution is -1.75. The summed E-state index contributed by atoms with van der Waals surface area (Å²) in [5, 5.41) is 0. The lowest BCUT2D eigenvalue weighted by molar-refractivity contribution is 1.41. The molecule has 0 heterocycles. The molecule has 0 aliphatic carbocycles. The molecule has 1 unspecified atom stereocenters. The second kappa shape index (κ2) is 3.53. The van der Waals surface area contributed by atoms with E-state index in [0.717, 1.165) is 6.16 Å². The van der Waals surface area contributed by atoms with Gasteiger partial charge in [-0.25, -0.2) is 0 Å². The first-order valence-corrected chi connectivity index (χ1v) is 4.10. The van der Waals surface area contributed by atoms with Crippen molar-refractivity contribution in [1.82, 2.24) is 0 Å². The Labute approximate surface area is 64.2 Å². The Morgan fingerprint density at radius 1 is 1.30 bits per heavy atom. The summed E-state index contributed by atoms with van der Waals surface area (Å²) in [6.07, 6.45) is 2.88. The third kappa shape index (κ3) is 1.68. The first kappa shape index (κ1) is 7.50. The molecule has 0 aliphatic heterocycles. The van der Waals surface area contributed by atoms with Crippen LogP contribution in [0.5, 0.6) is 0 Å². The molecule has 0 N–H and O–H groups in total. The van der Waals surface area contributed by atoms with Crippen molar-refractivity contribution in [3.8, 4) is 0 Å². The minimum Gasteiger partial charge on any atom is -0.133 e. The molecule has 0 nitrogen and oxygen atoms in total. The maximum atomic E-state index is 3.68. The molecule has 1 aromatic rings. The van der Waals surface area contributed by atoms with Gasteiger partial charge in [0, 0.05) is 0 Å². The van der Waals surface area contributed by atoms with Crippen LogP contribution in [0.1, 0.15) is 11.1 Å². The van der Waals surface area contributed by atoms with Gasteiger partial charge in [-0.1, -0.05) is 36.9 Å². The van der Waals surface area contributed by atoms with Gasteiger partial charge < -0.3 is 0 Å². The zero-order valence-corrected chi connectivity index (χ0v) is 7.03. The topological polar surface area (TPSA) is 0 Å². The Kier molecular flexibility index (Phi) is 2.65. The molecule has 1 aromatic carbocycles. The smallest absolute Gasteiger partial charge is 0.0128 e. The Hall–Kier alpha value is -0.610. The van der Waals surface area contributed by atoms with Crippen molar-refractivity contribution in [3.05, 3.63) is 42.0 Å². The Bertz CT molecular complexity index is 211. The van der Waals surface area contributed by atoms with Gasteiger partial charge in [0.05, 0.1) is 0 Å². The fourth-order valence-electron chi connectivity index (χ4n) is 0.790. The van der Waals surface area contributed by atoms with Crippen LogP contribution in [0.25, 0.3) is 6.08 Å². The van der Waals surface area contributed by atoms with Crippen molar-refractivity contribution in [2.75, 3.05) is 0 Å². The predicted molar refractivity (Wildman–Crippen MR) is 49.9 cm³/mol. The maximum absolute atomic E-state index is 3.68. The van der Waals surface area contributed by atoms with E-state index >= 15 is 0 Å². The molecule has 0 aromatic heterocycles. The van der Waals surface area contributed by atoms with E-state index in [1.54, 1.807) is 0 Å². The Balaban J connectivity index is 2.90. The van der Waals surface area contributed by atoms with Crippen molar-refractivity contribution < 1.29 is 0 Å². The average Bonchev–Trinajstić information content (AvgIpc) is 2.05. The largest absolute Gasteiger partial charge is 0.133 e. The molecule has 0 radical (unpaired) electrons. The summed E-state index contributed by atoms with van der Waals surface area (Å²) in [5.41, 5.74) is 2.53. The van der Waals surface area contributed by atoms with E-state index in [2.05, 4.69) is 40.1 Å². The summed E-state index contributed by atoms with van der Waals surface area (Å²) in [6, 6.07) is 8.38. The second-order valence-electron chi connectivity index (χ2n) is 2.15. The van der Waals surface area contributed by atoms with Gasteiger partial charge in [-0.2, -0.15) is 0 Å². The predicted octanol–water partition coefficient (Wildman–Crippen LogP) is 2.70. The summed E-state index contributed by atoms with van der Waals surface area (Å²) in [4.78, 5) is 0. The van der Waals surface area contributed by atoms with Crippen molar-refractivity contribution in [2.45, 2.75) is 6.16 Å². The van der Waals surface area contributed by atoms with Crippen LogP contribution in [-0.4, -0.2) is 0 Å². The molecule has 52 valence electrons. The lowest BCUT2D eigenvalue weighted by Gasteiger charge is -1.95. The number of rotatable bonds is 2. The molecule has 0 saturated heterocycles. The fraction of sp³-hybridized carbons (Fsp3) is 0.111.